The molecule has 0 amide bonds. The van der Waals surface area contributed by atoms with Crippen molar-refractivity contribution in [3.05, 3.63) is 118 Å². The minimum absolute atomic E-state index is 0.388. The second-order valence-electron chi connectivity index (χ2n) is 13.5. The van der Waals surface area contributed by atoms with Gasteiger partial charge in [-0.25, -0.2) is 0 Å². The summed E-state index contributed by atoms with van der Waals surface area (Å²) in [5.41, 5.74) is 8.35. The Labute approximate surface area is 257 Å². The summed E-state index contributed by atoms with van der Waals surface area (Å²) in [6.45, 7) is 2.28. The number of hydrogen-bond donors (Lipinski definition) is 0. The quantitative estimate of drug-likeness (QED) is 0.205. The van der Waals surface area contributed by atoms with Crippen molar-refractivity contribution in [2.45, 2.75) is 37.8 Å². The summed E-state index contributed by atoms with van der Waals surface area (Å²) in [5.74, 6) is 3.60. The van der Waals surface area contributed by atoms with Gasteiger partial charge in [-0.15, -0.1) is 0 Å². The molecule has 2 heterocycles. The molecule has 5 heteroatoms. The molecule has 43 heavy (non-hydrogen) atoms. The van der Waals surface area contributed by atoms with Gasteiger partial charge in [-0.1, -0.05) is 36.4 Å². The smallest absolute Gasteiger partial charge is 0.127 e. The summed E-state index contributed by atoms with van der Waals surface area (Å²) < 4.78 is 19.4. The Morgan fingerprint density at radius 2 is 0.907 bits per heavy atom. The fourth-order valence-electron chi connectivity index (χ4n) is 7.04. The van der Waals surface area contributed by atoms with E-state index in [4.69, 9.17) is 14.2 Å². The van der Waals surface area contributed by atoms with Gasteiger partial charge in [0.05, 0.1) is 55.5 Å². The van der Waals surface area contributed by atoms with Gasteiger partial charge in [0.15, 0.2) is 0 Å². The van der Waals surface area contributed by atoms with Crippen LogP contribution in [-0.4, -0.2) is 64.5 Å². The van der Waals surface area contributed by atoms with E-state index in [0.717, 1.165) is 70.7 Å². The highest BCUT2D eigenvalue weighted by molar-refractivity contribution is 5.41. The molecule has 4 aromatic rings. The molecule has 2 aliphatic rings. The highest BCUT2D eigenvalue weighted by atomic mass is 16.5. The molecule has 2 aliphatic heterocycles. The van der Waals surface area contributed by atoms with Crippen molar-refractivity contribution in [1.82, 2.24) is 0 Å². The average molecular weight is 579 g/mol. The maximum atomic E-state index is 6.28. The number of nitrogens with zero attached hydrogens (tertiary/aromatic N) is 2. The molecule has 0 aromatic heterocycles. The van der Waals surface area contributed by atoms with E-state index in [-0.39, 0.29) is 0 Å². The zero-order chi connectivity index (χ0) is 30.2. The highest BCUT2D eigenvalue weighted by Gasteiger charge is 2.37. The second-order valence-corrected chi connectivity index (χ2v) is 13.5. The zero-order valence-electron chi connectivity index (χ0n) is 26.6. The summed E-state index contributed by atoms with van der Waals surface area (Å²) in [6, 6.07) is 31.2. The van der Waals surface area contributed by atoms with Gasteiger partial charge in [-0.2, -0.15) is 0 Å². The van der Waals surface area contributed by atoms with Crippen molar-refractivity contribution in [3.63, 3.8) is 0 Å². The van der Waals surface area contributed by atoms with Crippen LogP contribution in [0.3, 0.4) is 0 Å². The maximum absolute atomic E-state index is 6.28. The van der Waals surface area contributed by atoms with Crippen LogP contribution in [0.1, 0.15) is 45.5 Å². The van der Waals surface area contributed by atoms with Crippen molar-refractivity contribution >= 4 is 0 Å². The molecule has 0 bridgehead atoms. The van der Waals surface area contributed by atoms with E-state index < -0.39 is 0 Å². The molecule has 0 saturated carbocycles. The molecule has 0 unspecified atom stereocenters. The van der Waals surface area contributed by atoms with Gasteiger partial charge in [-0.3, -0.25) is 0 Å². The Hall–Kier alpha value is -3.80. The summed E-state index contributed by atoms with van der Waals surface area (Å²) in [5, 5.41) is 0. The summed E-state index contributed by atoms with van der Waals surface area (Å²) in [4.78, 5) is 0. The second kappa shape index (κ2) is 11.7. The number of rotatable bonds is 8. The van der Waals surface area contributed by atoms with Crippen molar-refractivity contribution in [2.75, 3.05) is 55.5 Å². The van der Waals surface area contributed by atoms with Crippen LogP contribution < -0.4 is 14.2 Å². The predicted octanol–water partition coefficient (Wildman–Crippen LogP) is 7.33. The Morgan fingerprint density at radius 3 is 1.28 bits per heavy atom. The molecule has 0 radical (unpaired) electrons. The fraction of sp³-hybridized carbons (Fsp3) is 0.368. The topological polar surface area (TPSA) is 27.7 Å². The number of quaternary nitrogens is 2. The number of likely N-dealkylation sites (N-methyl/N-ethyl adjacent to an activating group) is 2. The number of methoxy groups -OCH3 is 2. The van der Waals surface area contributed by atoms with E-state index in [1.165, 1.54) is 33.4 Å². The molecular formula is C38H46N2O3+2. The van der Waals surface area contributed by atoms with Gasteiger partial charge in [0, 0.05) is 36.8 Å². The fourth-order valence-corrected chi connectivity index (χ4v) is 7.04. The van der Waals surface area contributed by atoms with Crippen LogP contribution in [0.2, 0.25) is 0 Å². The van der Waals surface area contributed by atoms with Crippen LogP contribution >= 0.6 is 0 Å². The minimum atomic E-state index is 0.388. The van der Waals surface area contributed by atoms with Crippen molar-refractivity contribution in [2.24, 2.45) is 0 Å². The Kier molecular flexibility index (Phi) is 7.97. The normalized spacial score (nSPS) is 20.0. The Morgan fingerprint density at radius 1 is 0.535 bits per heavy atom. The van der Waals surface area contributed by atoms with E-state index in [2.05, 4.69) is 113 Å². The molecule has 0 spiro atoms. The highest BCUT2D eigenvalue weighted by Crippen LogP contribution is 2.39. The zero-order valence-corrected chi connectivity index (χ0v) is 26.6. The van der Waals surface area contributed by atoms with Crippen LogP contribution in [-0.2, 0) is 25.7 Å². The molecule has 0 N–H and O–H groups in total. The van der Waals surface area contributed by atoms with Gasteiger partial charge in [0.2, 0.25) is 0 Å². The summed E-state index contributed by atoms with van der Waals surface area (Å²) in [7, 11) is 12.9. The lowest BCUT2D eigenvalue weighted by molar-refractivity contribution is -0.923. The van der Waals surface area contributed by atoms with Crippen LogP contribution in [0.4, 0.5) is 0 Å². The molecule has 4 aromatic carbocycles. The van der Waals surface area contributed by atoms with Crippen LogP contribution in [0.15, 0.2) is 84.9 Å². The van der Waals surface area contributed by atoms with Gasteiger partial charge < -0.3 is 23.2 Å². The molecule has 5 nitrogen and oxygen atoms in total. The first-order valence-corrected chi connectivity index (χ1v) is 15.5. The molecule has 224 valence electrons. The number of ether oxygens (including phenoxy) is 3. The van der Waals surface area contributed by atoms with E-state index in [0.29, 0.717) is 12.1 Å². The number of benzene rings is 4. The largest absolute Gasteiger partial charge is 0.497 e. The molecule has 0 aliphatic carbocycles. The molecule has 2 atom stereocenters. The Bertz CT molecular complexity index is 1460. The van der Waals surface area contributed by atoms with Crippen molar-refractivity contribution in [1.29, 1.82) is 0 Å². The van der Waals surface area contributed by atoms with E-state index >= 15 is 0 Å². The van der Waals surface area contributed by atoms with E-state index in [1.54, 1.807) is 14.2 Å². The predicted molar refractivity (Wildman–Crippen MR) is 173 cm³/mol. The molecule has 0 saturated heterocycles. The molecule has 6 rings (SSSR count). The lowest BCUT2D eigenvalue weighted by atomic mass is 9.87. The van der Waals surface area contributed by atoms with Crippen LogP contribution in [0, 0.1) is 0 Å². The summed E-state index contributed by atoms with van der Waals surface area (Å²) >= 11 is 0. The SMILES string of the molecule is COc1ccc2c(c1)[C@@H](Cc1ccc(Oc3ccc(C[C@H]4c5cc(OC)ccc5CC[N+]4(C)C)cc3)cc1)[N+](C)(C)CC2. The third-order valence-corrected chi connectivity index (χ3v) is 9.97. The third-order valence-electron chi connectivity index (χ3n) is 9.97. The van der Waals surface area contributed by atoms with Gasteiger partial charge >= 0.3 is 0 Å². The van der Waals surface area contributed by atoms with Crippen molar-refractivity contribution in [3.8, 4) is 23.0 Å². The third kappa shape index (κ3) is 6.15. The number of hydrogen-bond acceptors (Lipinski definition) is 3. The van der Waals surface area contributed by atoms with Crippen LogP contribution in [0.5, 0.6) is 23.0 Å². The first kappa shape index (κ1) is 29.3. The van der Waals surface area contributed by atoms with E-state index in [9.17, 15) is 0 Å². The van der Waals surface area contributed by atoms with Gasteiger partial charge in [0.25, 0.3) is 0 Å². The first-order valence-electron chi connectivity index (χ1n) is 15.5. The summed E-state index contributed by atoms with van der Waals surface area (Å²) in [6.07, 6.45) is 4.17. The maximum Gasteiger partial charge on any atom is 0.127 e. The monoisotopic (exact) mass is 578 g/mol. The van der Waals surface area contributed by atoms with Gasteiger partial charge in [-0.05, 0) is 70.8 Å². The van der Waals surface area contributed by atoms with Crippen LogP contribution in [0.25, 0.3) is 0 Å². The first-order chi connectivity index (χ1) is 20.6. The van der Waals surface area contributed by atoms with E-state index in [1.807, 2.05) is 0 Å². The minimum Gasteiger partial charge on any atom is -0.497 e. The molecular weight excluding hydrogens is 532 g/mol. The number of fused-ring (bicyclic) bond motifs is 2. The van der Waals surface area contributed by atoms with Crippen molar-refractivity contribution < 1.29 is 23.2 Å². The standard InChI is InChI=1S/C38H46N2O3/c1-39(2)21-19-29-11-17-33(41-5)25-35(29)37(39)23-27-7-13-31(14-8-27)43-32-15-9-28(10-16-32)24-38-36-26-34(42-6)18-12-30(36)20-22-40(38,3)4/h7-18,25-26,37-38H,19-24H2,1-6H3/q+2/t37-,38+. The average Bonchev–Trinajstić information content (AvgIpc) is 3.01. The molecule has 0 fully saturated rings. The van der Waals surface area contributed by atoms with Gasteiger partial charge in [0.1, 0.15) is 35.1 Å². The lowest BCUT2D eigenvalue weighted by Crippen LogP contribution is -2.48. The lowest BCUT2D eigenvalue weighted by Gasteiger charge is -2.43. The Balaban J connectivity index is 1.13.